The molecule has 0 spiro atoms. The number of nitrogens with one attached hydrogen (secondary N) is 1. The number of hydrogen-bond acceptors (Lipinski definition) is 6. The first kappa shape index (κ1) is 18.9. The number of aryl methyl sites for hydroxylation is 1. The Morgan fingerprint density at radius 1 is 1.27 bits per heavy atom. The Balaban J connectivity index is 1.74. The minimum absolute atomic E-state index is 0.0248. The number of nitrogens with zero attached hydrogens (tertiary/aromatic N) is 2. The number of likely N-dealkylation sites (tertiary alicyclic amines) is 1. The molecule has 1 N–H and O–H groups in total. The first-order valence-corrected chi connectivity index (χ1v) is 10.1. The number of fused-ring (bicyclic) bond motifs is 1. The van der Waals surface area contributed by atoms with E-state index in [1.54, 1.807) is 0 Å². The minimum atomic E-state index is -0.358. The number of methoxy groups -OCH3 is 1. The third kappa shape index (κ3) is 4.08. The van der Waals surface area contributed by atoms with Gasteiger partial charge in [-0.1, -0.05) is 6.42 Å². The molecular formula is C19H25N3O3S. The molecule has 1 amide bonds. The normalized spacial score (nSPS) is 18.5. The van der Waals surface area contributed by atoms with Gasteiger partial charge in [-0.05, 0) is 57.2 Å². The molecule has 0 saturated carbocycles. The summed E-state index contributed by atoms with van der Waals surface area (Å²) < 4.78 is 4.99. The van der Waals surface area contributed by atoms with Crippen molar-refractivity contribution in [3.63, 3.8) is 0 Å². The predicted molar refractivity (Wildman–Crippen MR) is 100 cm³/mol. The molecule has 1 saturated heterocycles. The van der Waals surface area contributed by atoms with Crippen molar-refractivity contribution in [2.45, 2.75) is 44.9 Å². The number of esters is 1. The molecule has 1 aliphatic heterocycles. The van der Waals surface area contributed by atoms with E-state index in [1.165, 1.54) is 29.7 Å². The van der Waals surface area contributed by atoms with Crippen molar-refractivity contribution in [1.29, 1.82) is 5.26 Å². The van der Waals surface area contributed by atoms with Crippen LogP contribution in [0.4, 0.5) is 5.00 Å². The maximum atomic E-state index is 12.7. The highest BCUT2D eigenvalue weighted by Gasteiger charge is 2.29. The number of piperidine rings is 1. The SMILES string of the molecule is COC(=O)c1c(NC(=O)C2CCN(CC#N)CC2)sc2c1CCCCC2. The first-order chi connectivity index (χ1) is 12.6. The van der Waals surface area contributed by atoms with Gasteiger partial charge in [-0.15, -0.1) is 11.3 Å². The van der Waals surface area contributed by atoms with Gasteiger partial charge in [-0.2, -0.15) is 5.26 Å². The largest absolute Gasteiger partial charge is 0.465 e. The Labute approximate surface area is 158 Å². The Morgan fingerprint density at radius 3 is 2.69 bits per heavy atom. The zero-order valence-corrected chi connectivity index (χ0v) is 16.0. The summed E-state index contributed by atoms with van der Waals surface area (Å²) in [6.45, 7) is 1.94. The standard InChI is InChI=1S/C19H25N3O3S/c1-25-19(24)16-14-5-3-2-4-6-15(14)26-18(16)21-17(23)13-7-10-22(11-8-13)12-9-20/h13H,2-8,10-12H2,1H3,(H,21,23). The molecule has 6 nitrogen and oxygen atoms in total. The molecule has 7 heteroatoms. The molecule has 140 valence electrons. The van der Waals surface area contributed by atoms with Gasteiger partial charge in [0.25, 0.3) is 0 Å². The summed E-state index contributed by atoms with van der Waals surface area (Å²) in [4.78, 5) is 28.4. The molecule has 0 bridgehead atoms. The van der Waals surface area contributed by atoms with Crippen molar-refractivity contribution in [2.24, 2.45) is 5.92 Å². The number of hydrogen-bond donors (Lipinski definition) is 1. The second kappa shape index (κ2) is 8.65. The highest BCUT2D eigenvalue weighted by Crippen LogP contribution is 2.38. The molecule has 1 aromatic heterocycles. The van der Waals surface area contributed by atoms with Gasteiger partial charge >= 0.3 is 5.97 Å². The van der Waals surface area contributed by atoms with Gasteiger partial charge in [0.05, 0.1) is 25.3 Å². The number of rotatable bonds is 4. The second-order valence-corrected chi connectivity index (χ2v) is 8.06. The highest BCUT2D eigenvalue weighted by atomic mass is 32.1. The lowest BCUT2D eigenvalue weighted by atomic mass is 9.96. The van der Waals surface area contributed by atoms with E-state index in [0.29, 0.717) is 17.1 Å². The summed E-state index contributed by atoms with van der Waals surface area (Å²) in [5.41, 5.74) is 1.63. The minimum Gasteiger partial charge on any atom is -0.465 e. The average molecular weight is 375 g/mol. The Bertz CT molecular complexity index is 714. The van der Waals surface area contributed by atoms with Crippen LogP contribution in [0.1, 0.15) is 52.9 Å². The van der Waals surface area contributed by atoms with Crippen LogP contribution >= 0.6 is 11.3 Å². The van der Waals surface area contributed by atoms with Gasteiger partial charge in [0.2, 0.25) is 5.91 Å². The van der Waals surface area contributed by atoms with Gasteiger partial charge in [0, 0.05) is 10.8 Å². The predicted octanol–water partition coefficient (Wildman–Crippen LogP) is 2.98. The van der Waals surface area contributed by atoms with Crippen LogP contribution in [0, 0.1) is 17.2 Å². The van der Waals surface area contributed by atoms with E-state index >= 15 is 0 Å². The molecular weight excluding hydrogens is 350 g/mol. The number of carbonyl (C=O) groups excluding carboxylic acids is 2. The van der Waals surface area contributed by atoms with E-state index in [-0.39, 0.29) is 17.8 Å². The van der Waals surface area contributed by atoms with Crippen LogP contribution in [0.15, 0.2) is 0 Å². The van der Waals surface area contributed by atoms with E-state index in [4.69, 9.17) is 10.00 Å². The average Bonchev–Trinajstić information content (AvgIpc) is 2.82. The quantitative estimate of drug-likeness (QED) is 0.497. The van der Waals surface area contributed by atoms with Crippen LogP contribution in [0.25, 0.3) is 0 Å². The lowest BCUT2D eigenvalue weighted by Gasteiger charge is -2.29. The van der Waals surface area contributed by atoms with Gasteiger partial charge < -0.3 is 10.1 Å². The smallest absolute Gasteiger partial charge is 0.341 e. The van der Waals surface area contributed by atoms with Crippen molar-refractivity contribution in [2.75, 3.05) is 32.1 Å². The molecule has 1 fully saturated rings. The van der Waals surface area contributed by atoms with E-state index in [2.05, 4.69) is 16.3 Å². The molecule has 2 heterocycles. The molecule has 26 heavy (non-hydrogen) atoms. The number of nitriles is 1. The van der Waals surface area contributed by atoms with Gasteiger partial charge in [-0.25, -0.2) is 4.79 Å². The van der Waals surface area contributed by atoms with Crippen molar-refractivity contribution >= 4 is 28.2 Å². The fourth-order valence-corrected chi connectivity index (χ4v) is 5.10. The van der Waals surface area contributed by atoms with Crippen LogP contribution in [-0.4, -0.2) is 43.5 Å². The van der Waals surface area contributed by atoms with Crippen LogP contribution in [-0.2, 0) is 22.4 Å². The number of amides is 1. The van der Waals surface area contributed by atoms with Gasteiger partial charge in [-0.3, -0.25) is 9.69 Å². The van der Waals surface area contributed by atoms with Gasteiger partial charge in [0.1, 0.15) is 5.00 Å². The monoisotopic (exact) mass is 375 g/mol. The maximum Gasteiger partial charge on any atom is 0.341 e. The van der Waals surface area contributed by atoms with Crippen molar-refractivity contribution in [3.05, 3.63) is 16.0 Å². The zero-order chi connectivity index (χ0) is 18.5. The van der Waals surface area contributed by atoms with E-state index < -0.39 is 0 Å². The maximum absolute atomic E-state index is 12.7. The summed E-state index contributed by atoms with van der Waals surface area (Å²) in [6.07, 6.45) is 6.69. The van der Waals surface area contributed by atoms with Crippen molar-refractivity contribution in [1.82, 2.24) is 4.90 Å². The van der Waals surface area contributed by atoms with E-state index in [0.717, 1.165) is 57.2 Å². The van der Waals surface area contributed by atoms with Gasteiger partial charge in [0.15, 0.2) is 0 Å². The molecule has 2 aliphatic rings. The summed E-state index contributed by atoms with van der Waals surface area (Å²) in [7, 11) is 1.39. The summed E-state index contributed by atoms with van der Waals surface area (Å²) >= 11 is 1.53. The molecule has 1 aliphatic carbocycles. The summed E-state index contributed by atoms with van der Waals surface area (Å²) in [5, 5.41) is 12.4. The van der Waals surface area contributed by atoms with Crippen LogP contribution in [0.3, 0.4) is 0 Å². The Morgan fingerprint density at radius 2 is 2.00 bits per heavy atom. The lowest BCUT2D eigenvalue weighted by Crippen LogP contribution is -2.38. The van der Waals surface area contributed by atoms with E-state index in [9.17, 15) is 9.59 Å². The molecule has 0 aromatic carbocycles. The Hall–Kier alpha value is -1.91. The number of ether oxygens (including phenoxy) is 1. The Kier molecular flexibility index (Phi) is 6.28. The van der Waals surface area contributed by atoms with Crippen molar-refractivity contribution in [3.8, 4) is 6.07 Å². The second-order valence-electron chi connectivity index (χ2n) is 6.96. The lowest BCUT2D eigenvalue weighted by molar-refractivity contribution is -0.121. The zero-order valence-electron chi connectivity index (χ0n) is 15.2. The number of anilines is 1. The fraction of sp³-hybridized carbons (Fsp3) is 0.632. The number of thiophene rings is 1. The van der Waals surface area contributed by atoms with E-state index in [1.807, 2.05) is 0 Å². The summed E-state index contributed by atoms with van der Waals surface area (Å²) in [5.74, 6) is -0.455. The van der Waals surface area contributed by atoms with Crippen LogP contribution < -0.4 is 5.32 Å². The third-order valence-electron chi connectivity index (χ3n) is 5.30. The van der Waals surface area contributed by atoms with Crippen LogP contribution in [0.2, 0.25) is 0 Å². The first-order valence-electron chi connectivity index (χ1n) is 9.27. The molecule has 3 rings (SSSR count). The number of carbonyl (C=O) groups is 2. The highest BCUT2D eigenvalue weighted by molar-refractivity contribution is 7.17. The topological polar surface area (TPSA) is 82.4 Å². The molecule has 0 atom stereocenters. The molecule has 0 radical (unpaired) electrons. The van der Waals surface area contributed by atoms with Crippen LogP contribution in [0.5, 0.6) is 0 Å². The molecule has 0 unspecified atom stereocenters. The summed E-state index contributed by atoms with van der Waals surface area (Å²) in [6, 6.07) is 2.16. The van der Waals surface area contributed by atoms with Crippen molar-refractivity contribution < 1.29 is 14.3 Å². The fourth-order valence-electron chi connectivity index (χ4n) is 3.82. The third-order valence-corrected chi connectivity index (χ3v) is 6.51. The molecule has 1 aromatic rings.